The molecule has 4 rings (SSSR count). The number of nitrogens with one attached hydrogen (secondary N) is 1. The summed E-state index contributed by atoms with van der Waals surface area (Å²) in [5.74, 6) is -1.60. The number of anilines is 2. The summed E-state index contributed by atoms with van der Waals surface area (Å²) in [6.07, 6.45) is -3.27. The Morgan fingerprint density at radius 1 is 0.955 bits per heavy atom. The lowest BCUT2D eigenvalue weighted by Crippen LogP contribution is -2.31. The van der Waals surface area contributed by atoms with Crippen molar-refractivity contribution in [2.45, 2.75) is 58.7 Å². The number of carbonyl (C=O) groups excluding carboxylic acids is 2. The number of thioether (sulfide) groups is 1. The second-order valence-electron chi connectivity index (χ2n) is 12.2. The van der Waals surface area contributed by atoms with Crippen LogP contribution >= 0.6 is 11.8 Å². The van der Waals surface area contributed by atoms with Gasteiger partial charge in [0.05, 0.1) is 17.1 Å². The number of nitrogens with zero attached hydrogens (tertiary/aromatic N) is 2. The number of para-hydroxylation sites is 3. The Morgan fingerprint density at radius 2 is 1.52 bits per heavy atom. The van der Waals surface area contributed by atoms with E-state index in [4.69, 9.17) is 0 Å². The van der Waals surface area contributed by atoms with E-state index < -0.39 is 23.9 Å². The highest BCUT2D eigenvalue weighted by Crippen LogP contribution is 2.41. The van der Waals surface area contributed by atoms with Crippen LogP contribution in [0.2, 0.25) is 0 Å². The van der Waals surface area contributed by atoms with Gasteiger partial charge in [-0.3, -0.25) is 14.5 Å². The normalized spacial score (nSPS) is 15.0. The number of amidine groups is 1. The van der Waals surface area contributed by atoms with Crippen LogP contribution in [0, 0.1) is 0 Å². The van der Waals surface area contributed by atoms with E-state index in [-0.39, 0.29) is 38.9 Å². The lowest BCUT2D eigenvalue weighted by molar-refractivity contribution is -0.274. The summed E-state index contributed by atoms with van der Waals surface area (Å²) in [5, 5.41) is 13.8. The number of aromatic hydroxyl groups is 1. The number of ether oxygens (including phenoxy) is 1. The zero-order valence-electron chi connectivity index (χ0n) is 25.2. The van der Waals surface area contributed by atoms with Crippen molar-refractivity contribution in [1.29, 1.82) is 0 Å². The fraction of sp³-hybridized carbons (Fsp3) is 0.303. The molecule has 44 heavy (non-hydrogen) atoms. The fourth-order valence-electron chi connectivity index (χ4n) is 4.54. The summed E-state index contributed by atoms with van der Waals surface area (Å²) >= 11 is 0.968. The lowest BCUT2D eigenvalue weighted by atomic mass is 9.78. The smallest absolute Gasteiger partial charge is 0.507 e. The quantitative estimate of drug-likeness (QED) is 0.271. The number of alkyl halides is 3. The SMILES string of the molecule is CC(C)(C)c1cc(C=C2N=C(SCC(=O)Nc3ccccc3OC(F)(F)F)N(c3ccccc3)C2=O)cc(C(C)(C)C)c1O. The molecule has 0 atom stereocenters. The molecule has 3 aromatic rings. The number of amides is 2. The molecule has 1 heterocycles. The molecule has 0 saturated heterocycles. The number of halogens is 3. The van der Waals surface area contributed by atoms with Crippen LogP contribution in [0.3, 0.4) is 0 Å². The molecule has 232 valence electrons. The third kappa shape index (κ3) is 7.82. The van der Waals surface area contributed by atoms with E-state index in [0.717, 1.165) is 29.0 Å². The number of phenolic OH excluding ortho intramolecular Hbond substituents is 1. The van der Waals surface area contributed by atoms with E-state index in [0.29, 0.717) is 11.3 Å². The number of phenols is 1. The topological polar surface area (TPSA) is 91.2 Å². The van der Waals surface area contributed by atoms with Gasteiger partial charge in [0, 0.05) is 11.1 Å². The molecule has 7 nitrogen and oxygen atoms in total. The van der Waals surface area contributed by atoms with Gasteiger partial charge in [-0.25, -0.2) is 4.99 Å². The van der Waals surface area contributed by atoms with Gasteiger partial charge in [0.1, 0.15) is 11.4 Å². The van der Waals surface area contributed by atoms with Crippen molar-refractivity contribution in [2.75, 3.05) is 16.0 Å². The van der Waals surface area contributed by atoms with E-state index in [1.165, 1.54) is 23.1 Å². The maximum atomic E-state index is 13.7. The minimum absolute atomic E-state index is 0.131. The molecule has 0 unspecified atom stereocenters. The van der Waals surface area contributed by atoms with Gasteiger partial charge in [0.2, 0.25) is 5.91 Å². The molecule has 3 aromatic carbocycles. The maximum absolute atomic E-state index is 13.7. The molecule has 0 fully saturated rings. The molecule has 0 aliphatic carbocycles. The summed E-state index contributed by atoms with van der Waals surface area (Å²) in [5.41, 5.74) is 1.91. The molecule has 1 aliphatic heterocycles. The summed E-state index contributed by atoms with van der Waals surface area (Å²) in [4.78, 5) is 32.5. The predicted octanol–water partition coefficient (Wildman–Crippen LogP) is 8.00. The summed E-state index contributed by atoms with van der Waals surface area (Å²) in [6, 6.07) is 17.7. The van der Waals surface area contributed by atoms with Crippen molar-refractivity contribution >= 4 is 46.2 Å². The Morgan fingerprint density at radius 3 is 2.09 bits per heavy atom. The molecule has 0 aromatic heterocycles. The molecule has 1 aliphatic rings. The zero-order valence-corrected chi connectivity index (χ0v) is 26.1. The van der Waals surface area contributed by atoms with E-state index >= 15 is 0 Å². The van der Waals surface area contributed by atoms with Crippen LogP contribution in [0.5, 0.6) is 11.5 Å². The molecular formula is C33H34F3N3O4S. The third-order valence-corrected chi connectivity index (χ3v) is 7.55. The van der Waals surface area contributed by atoms with Crippen molar-refractivity contribution in [1.82, 2.24) is 0 Å². The highest BCUT2D eigenvalue weighted by molar-refractivity contribution is 8.14. The number of benzene rings is 3. The van der Waals surface area contributed by atoms with Crippen LogP contribution < -0.4 is 15.0 Å². The first kappa shape index (κ1) is 32.7. The first-order chi connectivity index (χ1) is 20.4. The van der Waals surface area contributed by atoms with E-state index in [1.807, 2.05) is 53.7 Å². The Bertz CT molecular complexity index is 1590. The Labute approximate surface area is 258 Å². The van der Waals surface area contributed by atoms with E-state index in [1.54, 1.807) is 36.4 Å². The van der Waals surface area contributed by atoms with Gasteiger partial charge in [0.25, 0.3) is 5.91 Å². The molecule has 0 radical (unpaired) electrons. The first-order valence-electron chi connectivity index (χ1n) is 13.8. The van der Waals surface area contributed by atoms with Crippen molar-refractivity contribution < 1.29 is 32.6 Å². The molecule has 0 saturated carbocycles. The van der Waals surface area contributed by atoms with Gasteiger partial charge in [-0.05, 0) is 58.9 Å². The van der Waals surface area contributed by atoms with Gasteiger partial charge in [-0.2, -0.15) is 0 Å². The number of carbonyl (C=O) groups is 2. The second kappa shape index (κ2) is 12.4. The monoisotopic (exact) mass is 625 g/mol. The average Bonchev–Trinajstić information content (AvgIpc) is 3.22. The summed E-state index contributed by atoms with van der Waals surface area (Å²) < 4.78 is 42.5. The molecule has 0 bridgehead atoms. The Hall–Kier alpha value is -4.25. The predicted molar refractivity (Wildman–Crippen MR) is 169 cm³/mol. The van der Waals surface area contributed by atoms with Gasteiger partial charge < -0.3 is 15.2 Å². The highest BCUT2D eigenvalue weighted by atomic mass is 32.2. The number of aliphatic imine (C=N–C) groups is 1. The Balaban J connectivity index is 1.66. The van der Waals surface area contributed by atoms with E-state index in [2.05, 4.69) is 15.0 Å². The Kier molecular flexibility index (Phi) is 9.20. The summed E-state index contributed by atoms with van der Waals surface area (Å²) in [7, 11) is 0. The standard InChI is InChI=1S/C33H34F3N3O4S/c1-31(2,3)22-16-20(17-23(28(22)41)32(4,5)6)18-25-29(42)39(21-12-8-7-9-13-21)30(38-25)44-19-27(40)37-24-14-10-11-15-26(24)43-33(34,35)36/h7-18,41H,19H2,1-6H3,(H,37,40). The second-order valence-corrected chi connectivity index (χ2v) is 13.2. The maximum Gasteiger partial charge on any atom is 0.573 e. The van der Waals surface area contributed by atoms with Crippen molar-refractivity contribution in [3.05, 3.63) is 89.1 Å². The number of rotatable bonds is 6. The van der Waals surface area contributed by atoms with Crippen molar-refractivity contribution in [3.63, 3.8) is 0 Å². The van der Waals surface area contributed by atoms with Gasteiger partial charge >= 0.3 is 6.36 Å². The molecule has 11 heteroatoms. The van der Waals surface area contributed by atoms with E-state index in [9.17, 15) is 27.9 Å². The highest BCUT2D eigenvalue weighted by Gasteiger charge is 2.34. The lowest BCUT2D eigenvalue weighted by Gasteiger charge is -2.28. The van der Waals surface area contributed by atoms with Gasteiger partial charge in [-0.15, -0.1) is 13.2 Å². The average molecular weight is 626 g/mol. The number of hydrogen-bond donors (Lipinski definition) is 2. The van der Waals surface area contributed by atoms with Gasteiger partial charge in [0.15, 0.2) is 10.9 Å². The first-order valence-corrected chi connectivity index (χ1v) is 14.8. The van der Waals surface area contributed by atoms with Crippen LogP contribution in [-0.2, 0) is 20.4 Å². The third-order valence-electron chi connectivity index (χ3n) is 6.61. The minimum atomic E-state index is -4.92. The van der Waals surface area contributed by atoms with Crippen molar-refractivity contribution in [3.8, 4) is 11.5 Å². The van der Waals surface area contributed by atoms with Crippen LogP contribution in [0.25, 0.3) is 6.08 Å². The molecule has 2 amide bonds. The summed E-state index contributed by atoms with van der Waals surface area (Å²) in [6.45, 7) is 12.0. The van der Waals surface area contributed by atoms with Crippen molar-refractivity contribution in [2.24, 2.45) is 4.99 Å². The van der Waals surface area contributed by atoms with Crippen LogP contribution in [0.15, 0.2) is 77.4 Å². The molecule has 2 N–H and O–H groups in total. The molecular weight excluding hydrogens is 591 g/mol. The minimum Gasteiger partial charge on any atom is -0.507 e. The van der Waals surface area contributed by atoms with Crippen LogP contribution in [-0.4, -0.2) is 34.2 Å². The van der Waals surface area contributed by atoms with Crippen LogP contribution in [0.1, 0.15) is 58.2 Å². The number of hydrogen-bond acceptors (Lipinski definition) is 6. The zero-order chi connectivity index (χ0) is 32.4. The fourth-order valence-corrected chi connectivity index (χ4v) is 5.35. The largest absolute Gasteiger partial charge is 0.573 e. The molecule has 0 spiro atoms. The van der Waals surface area contributed by atoms with Gasteiger partial charge in [-0.1, -0.05) is 83.6 Å². The van der Waals surface area contributed by atoms with Crippen LogP contribution in [0.4, 0.5) is 24.5 Å².